The molecule has 2 rings (SSSR count). The van der Waals surface area contributed by atoms with Gasteiger partial charge in [-0.15, -0.1) is 0 Å². The van der Waals surface area contributed by atoms with Gasteiger partial charge in [0, 0.05) is 17.5 Å². The molecule has 0 radical (unpaired) electrons. The highest BCUT2D eigenvalue weighted by Gasteiger charge is 2.10. The minimum atomic E-state index is 0.0939. The Bertz CT molecular complexity index is 601. The summed E-state index contributed by atoms with van der Waals surface area (Å²) in [4.78, 5) is 0.991. The minimum Gasteiger partial charge on any atom is -0.384 e. The fourth-order valence-corrected chi connectivity index (χ4v) is 2.89. The Morgan fingerprint density at radius 3 is 2.61 bits per heavy atom. The van der Waals surface area contributed by atoms with Crippen LogP contribution in [0, 0.1) is 19.3 Å². The van der Waals surface area contributed by atoms with Gasteiger partial charge >= 0.3 is 0 Å². The summed E-state index contributed by atoms with van der Waals surface area (Å²) in [6.45, 7) is 3.99. The molecule has 0 amide bonds. The van der Waals surface area contributed by atoms with Crippen LogP contribution < -0.4 is 5.73 Å². The quantitative estimate of drug-likeness (QED) is 0.658. The van der Waals surface area contributed by atoms with Crippen LogP contribution in [0.3, 0.4) is 0 Å². The average molecular weight is 260 g/mol. The molecule has 0 aliphatic heterocycles. The summed E-state index contributed by atoms with van der Waals surface area (Å²) in [5, 5.41) is 13.0. The Kier molecular flexibility index (Phi) is 3.43. The predicted molar refractivity (Wildman–Crippen MR) is 74.3 cm³/mol. The zero-order valence-corrected chi connectivity index (χ0v) is 11.5. The van der Waals surface area contributed by atoms with E-state index in [9.17, 15) is 0 Å². The van der Waals surface area contributed by atoms with Gasteiger partial charge in [-0.3, -0.25) is 10.1 Å². The van der Waals surface area contributed by atoms with E-state index >= 15 is 0 Å². The Morgan fingerprint density at radius 2 is 2.06 bits per heavy atom. The van der Waals surface area contributed by atoms with Crippen molar-refractivity contribution < 1.29 is 0 Å². The minimum absolute atomic E-state index is 0.0939. The summed E-state index contributed by atoms with van der Waals surface area (Å²) in [5.74, 6) is 0.0939. The lowest BCUT2D eigenvalue weighted by atomic mass is 10.1. The van der Waals surface area contributed by atoms with Gasteiger partial charge in [-0.05, 0) is 37.6 Å². The number of nitrogens with two attached hydrogens (primary N) is 1. The highest BCUT2D eigenvalue weighted by atomic mass is 32.2. The zero-order valence-electron chi connectivity index (χ0n) is 10.7. The topological polar surface area (TPSA) is 67.7 Å². The fraction of sp³-hybridized carbons (Fsp3) is 0.231. The van der Waals surface area contributed by atoms with Crippen LogP contribution in [0.2, 0.25) is 0 Å². The van der Waals surface area contributed by atoms with Crippen molar-refractivity contribution in [1.29, 1.82) is 5.41 Å². The van der Waals surface area contributed by atoms with Gasteiger partial charge < -0.3 is 5.73 Å². The maximum absolute atomic E-state index is 7.61. The van der Waals surface area contributed by atoms with Crippen LogP contribution in [-0.4, -0.2) is 15.6 Å². The molecule has 0 saturated heterocycles. The molecular weight excluding hydrogens is 244 g/mol. The molecule has 0 aliphatic carbocycles. The van der Waals surface area contributed by atoms with Gasteiger partial charge in [-0.25, -0.2) is 0 Å². The number of aryl methyl sites for hydroxylation is 3. The molecule has 2 aromatic rings. The number of hydrogen-bond acceptors (Lipinski definition) is 3. The molecule has 0 unspecified atom stereocenters. The van der Waals surface area contributed by atoms with Crippen LogP contribution in [0.15, 0.2) is 34.2 Å². The molecule has 4 nitrogen and oxygen atoms in total. The molecule has 1 aromatic heterocycles. The summed E-state index contributed by atoms with van der Waals surface area (Å²) < 4.78 is 1.84. The third kappa shape index (κ3) is 2.56. The Morgan fingerprint density at radius 1 is 1.33 bits per heavy atom. The zero-order chi connectivity index (χ0) is 13.3. The number of rotatable bonds is 3. The first kappa shape index (κ1) is 12.7. The average Bonchev–Trinajstić information content (AvgIpc) is 2.57. The normalized spacial score (nSPS) is 10.6. The van der Waals surface area contributed by atoms with E-state index < -0.39 is 0 Å². The Labute approximate surface area is 111 Å². The molecular formula is C13H16N4S. The predicted octanol–water partition coefficient (Wildman–Crippen LogP) is 2.47. The lowest BCUT2D eigenvalue weighted by Gasteiger charge is -2.08. The summed E-state index contributed by atoms with van der Waals surface area (Å²) in [6, 6.07) is 7.93. The van der Waals surface area contributed by atoms with Gasteiger partial charge in [0.05, 0.1) is 10.7 Å². The van der Waals surface area contributed by atoms with Crippen LogP contribution in [-0.2, 0) is 7.05 Å². The third-order valence-electron chi connectivity index (χ3n) is 2.60. The van der Waals surface area contributed by atoms with E-state index in [1.165, 1.54) is 0 Å². The second kappa shape index (κ2) is 4.86. The first-order valence-corrected chi connectivity index (χ1v) is 6.42. The SMILES string of the molecule is Cc1ccc(C(=N)N)c(Sc2cc(C)nn2C)c1. The molecule has 18 heavy (non-hydrogen) atoms. The van der Waals surface area contributed by atoms with E-state index in [1.54, 1.807) is 11.8 Å². The van der Waals surface area contributed by atoms with Gasteiger partial charge in [0.2, 0.25) is 0 Å². The van der Waals surface area contributed by atoms with E-state index in [4.69, 9.17) is 11.1 Å². The molecule has 0 bridgehead atoms. The summed E-state index contributed by atoms with van der Waals surface area (Å²) in [6.07, 6.45) is 0. The van der Waals surface area contributed by atoms with Gasteiger partial charge in [0.25, 0.3) is 0 Å². The van der Waals surface area contributed by atoms with Crippen molar-refractivity contribution in [2.75, 3.05) is 0 Å². The molecule has 1 heterocycles. The Balaban J connectivity index is 2.42. The lowest BCUT2D eigenvalue weighted by Crippen LogP contribution is -2.12. The van der Waals surface area contributed by atoms with Gasteiger partial charge in [0.15, 0.2) is 0 Å². The van der Waals surface area contributed by atoms with Gasteiger partial charge in [0.1, 0.15) is 5.84 Å². The highest BCUT2D eigenvalue weighted by Crippen LogP contribution is 2.31. The van der Waals surface area contributed by atoms with Crippen LogP contribution in [0.5, 0.6) is 0 Å². The summed E-state index contributed by atoms with van der Waals surface area (Å²) in [7, 11) is 1.92. The largest absolute Gasteiger partial charge is 0.384 e. The molecule has 0 saturated carbocycles. The van der Waals surface area contributed by atoms with Crippen molar-refractivity contribution in [2.45, 2.75) is 23.8 Å². The maximum Gasteiger partial charge on any atom is 0.123 e. The van der Waals surface area contributed by atoms with Crippen LogP contribution in [0.25, 0.3) is 0 Å². The highest BCUT2D eigenvalue weighted by molar-refractivity contribution is 7.99. The molecule has 94 valence electrons. The van der Waals surface area contributed by atoms with Crippen molar-refractivity contribution in [1.82, 2.24) is 9.78 Å². The third-order valence-corrected chi connectivity index (χ3v) is 3.75. The molecule has 0 spiro atoms. The maximum atomic E-state index is 7.61. The molecule has 0 aliphatic rings. The second-order valence-corrected chi connectivity index (χ2v) is 5.33. The monoisotopic (exact) mass is 260 g/mol. The van der Waals surface area contributed by atoms with Crippen molar-refractivity contribution >= 4 is 17.6 Å². The number of benzene rings is 1. The smallest absolute Gasteiger partial charge is 0.123 e. The number of aromatic nitrogens is 2. The number of nitrogen functional groups attached to an aromatic ring is 1. The van der Waals surface area contributed by atoms with E-state index in [1.807, 2.05) is 49.8 Å². The molecule has 0 atom stereocenters. The standard InChI is InChI=1S/C13H16N4S/c1-8-4-5-10(13(14)15)11(6-8)18-12-7-9(2)16-17(12)3/h4-7H,1-3H3,(H3,14,15). The fourth-order valence-electron chi connectivity index (χ4n) is 1.73. The number of amidine groups is 1. The van der Waals surface area contributed by atoms with Crippen LogP contribution in [0.1, 0.15) is 16.8 Å². The first-order valence-electron chi connectivity index (χ1n) is 5.61. The molecule has 1 aromatic carbocycles. The van der Waals surface area contributed by atoms with Crippen molar-refractivity contribution in [3.63, 3.8) is 0 Å². The number of nitrogens with zero attached hydrogens (tertiary/aromatic N) is 2. The summed E-state index contributed by atoms with van der Waals surface area (Å²) >= 11 is 1.58. The second-order valence-electron chi connectivity index (χ2n) is 4.26. The Hall–Kier alpha value is -1.75. The van der Waals surface area contributed by atoms with E-state index in [0.29, 0.717) is 0 Å². The van der Waals surface area contributed by atoms with Crippen molar-refractivity contribution in [3.05, 3.63) is 41.1 Å². The molecule has 5 heteroatoms. The molecule has 0 fully saturated rings. The van der Waals surface area contributed by atoms with Crippen LogP contribution in [0.4, 0.5) is 0 Å². The van der Waals surface area contributed by atoms with Crippen LogP contribution >= 0.6 is 11.8 Å². The first-order chi connectivity index (χ1) is 8.47. The van der Waals surface area contributed by atoms with E-state index in [-0.39, 0.29) is 5.84 Å². The van der Waals surface area contributed by atoms with E-state index in [2.05, 4.69) is 5.10 Å². The lowest BCUT2D eigenvalue weighted by molar-refractivity contribution is 0.692. The van der Waals surface area contributed by atoms with Gasteiger partial charge in [-0.1, -0.05) is 17.8 Å². The van der Waals surface area contributed by atoms with E-state index in [0.717, 1.165) is 26.7 Å². The van der Waals surface area contributed by atoms with Gasteiger partial charge in [-0.2, -0.15) is 5.10 Å². The van der Waals surface area contributed by atoms with Crippen molar-refractivity contribution in [2.24, 2.45) is 12.8 Å². The number of hydrogen-bond donors (Lipinski definition) is 2. The number of nitrogens with one attached hydrogen (secondary N) is 1. The summed E-state index contributed by atoms with van der Waals surface area (Å²) in [5.41, 5.74) is 8.51. The van der Waals surface area contributed by atoms with Crippen molar-refractivity contribution in [3.8, 4) is 0 Å². The molecule has 3 N–H and O–H groups in total.